The van der Waals surface area contributed by atoms with Crippen LogP contribution in [0.2, 0.25) is 0 Å². The zero-order chi connectivity index (χ0) is 14.7. The van der Waals surface area contributed by atoms with Gasteiger partial charge in [-0.25, -0.2) is 4.39 Å². The number of anilines is 1. The molecule has 0 fully saturated rings. The Kier molecular flexibility index (Phi) is 3.49. The highest BCUT2D eigenvalue weighted by molar-refractivity contribution is 5.82. The first-order valence-electron chi connectivity index (χ1n) is 5.56. The molecule has 0 saturated heterocycles. The Labute approximate surface area is 114 Å². The normalized spacial score (nSPS) is 9.60. The van der Waals surface area contributed by atoms with Gasteiger partial charge in [0.25, 0.3) is 0 Å². The van der Waals surface area contributed by atoms with E-state index in [0.717, 1.165) is 0 Å². The standard InChI is InChI=1S/C14H9FN4O/c1-20-14-11(7-17)12(10(6-16)13(18)19-14)8-2-4-9(15)5-3-8/h2-5H,1H3,(H2,18,19). The number of pyridine rings is 1. The average Bonchev–Trinajstić information content (AvgIpc) is 2.46. The van der Waals surface area contributed by atoms with E-state index in [9.17, 15) is 14.9 Å². The molecule has 5 nitrogen and oxygen atoms in total. The molecule has 0 aliphatic rings. The van der Waals surface area contributed by atoms with Crippen molar-refractivity contribution in [1.82, 2.24) is 4.98 Å². The van der Waals surface area contributed by atoms with Crippen molar-refractivity contribution in [2.75, 3.05) is 12.8 Å². The predicted molar refractivity (Wildman–Crippen MR) is 70.0 cm³/mol. The molecule has 0 saturated carbocycles. The van der Waals surface area contributed by atoms with Gasteiger partial charge in [-0.15, -0.1) is 0 Å². The number of methoxy groups -OCH3 is 1. The molecule has 0 bridgehead atoms. The van der Waals surface area contributed by atoms with Crippen molar-refractivity contribution >= 4 is 5.82 Å². The van der Waals surface area contributed by atoms with Gasteiger partial charge in [0, 0.05) is 5.56 Å². The second-order valence-corrected chi connectivity index (χ2v) is 3.86. The molecule has 0 radical (unpaired) electrons. The molecule has 6 heteroatoms. The summed E-state index contributed by atoms with van der Waals surface area (Å²) >= 11 is 0. The van der Waals surface area contributed by atoms with Crippen molar-refractivity contribution in [2.24, 2.45) is 0 Å². The summed E-state index contributed by atoms with van der Waals surface area (Å²) in [6, 6.07) is 9.26. The van der Waals surface area contributed by atoms with Crippen LogP contribution in [0.3, 0.4) is 0 Å². The van der Waals surface area contributed by atoms with Crippen LogP contribution in [-0.4, -0.2) is 12.1 Å². The van der Waals surface area contributed by atoms with Gasteiger partial charge in [0.15, 0.2) is 0 Å². The van der Waals surface area contributed by atoms with Crippen LogP contribution in [-0.2, 0) is 0 Å². The molecule has 1 aromatic heterocycles. The van der Waals surface area contributed by atoms with Crippen molar-refractivity contribution in [3.05, 3.63) is 41.2 Å². The number of aromatic nitrogens is 1. The predicted octanol–water partition coefficient (Wildman–Crippen LogP) is 2.22. The van der Waals surface area contributed by atoms with Crippen LogP contribution >= 0.6 is 0 Å². The molecule has 1 aromatic carbocycles. The monoisotopic (exact) mass is 268 g/mol. The second kappa shape index (κ2) is 5.25. The van der Waals surface area contributed by atoms with E-state index in [1.165, 1.54) is 31.4 Å². The van der Waals surface area contributed by atoms with E-state index in [1.54, 1.807) is 0 Å². The highest BCUT2D eigenvalue weighted by Crippen LogP contribution is 2.34. The van der Waals surface area contributed by atoms with Crippen LogP contribution in [0.4, 0.5) is 10.2 Å². The van der Waals surface area contributed by atoms with E-state index >= 15 is 0 Å². The van der Waals surface area contributed by atoms with Crippen LogP contribution in [0.15, 0.2) is 24.3 Å². The topological polar surface area (TPSA) is 95.7 Å². The summed E-state index contributed by atoms with van der Waals surface area (Å²) in [6.45, 7) is 0. The number of benzene rings is 1. The second-order valence-electron chi connectivity index (χ2n) is 3.86. The molecule has 0 unspecified atom stereocenters. The minimum Gasteiger partial charge on any atom is -0.480 e. The zero-order valence-corrected chi connectivity index (χ0v) is 10.5. The lowest BCUT2D eigenvalue weighted by Gasteiger charge is -2.11. The molecule has 0 aliphatic carbocycles. The Balaban J connectivity index is 2.85. The molecule has 2 N–H and O–H groups in total. The number of hydrogen-bond acceptors (Lipinski definition) is 5. The molecule has 2 rings (SSSR count). The van der Waals surface area contributed by atoms with Crippen LogP contribution in [0.1, 0.15) is 11.1 Å². The summed E-state index contributed by atoms with van der Waals surface area (Å²) in [5.74, 6) is -0.425. The number of rotatable bonds is 2. The minimum absolute atomic E-state index is 0.0309. The molecule has 0 spiro atoms. The summed E-state index contributed by atoms with van der Waals surface area (Å²) in [4.78, 5) is 3.87. The molecular formula is C14H9FN4O. The van der Waals surface area contributed by atoms with Crippen molar-refractivity contribution < 1.29 is 9.13 Å². The fourth-order valence-electron chi connectivity index (χ4n) is 1.85. The van der Waals surface area contributed by atoms with Crippen LogP contribution < -0.4 is 10.5 Å². The fraction of sp³-hybridized carbons (Fsp3) is 0.0714. The van der Waals surface area contributed by atoms with Gasteiger partial charge in [-0.1, -0.05) is 12.1 Å². The largest absolute Gasteiger partial charge is 0.480 e. The number of nitrogen functional groups attached to an aromatic ring is 1. The SMILES string of the molecule is COc1nc(N)c(C#N)c(-c2ccc(F)cc2)c1C#N. The van der Waals surface area contributed by atoms with E-state index in [-0.39, 0.29) is 22.8 Å². The average molecular weight is 268 g/mol. The number of nitriles is 2. The van der Waals surface area contributed by atoms with Crippen molar-refractivity contribution in [3.8, 4) is 29.1 Å². The number of hydrogen-bond donors (Lipinski definition) is 1. The maximum absolute atomic E-state index is 13.0. The molecule has 2 aromatic rings. The summed E-state index contributed by atoms with van der Waals surface area (Å²) in [5.41, 5.74) is 6.64. The van der Waals surface area contributed by atoms with Gasteiger partial charge in [0.2, 0.25) is 5.88 Å². The first kappa shape index (κ1) is 13.3. The van der Waals surface area contributed by atoms with Gasteiger partial charge in [-0.3, -0.25) is 0 Å². The summed E-state index contributed by atoms with van der Waals surface area (Å²) in [5, 5.41) is 18.5. The van der Waals surface area contributed by atoms with E-state index in [2.05, 4.69) is 4.98 Å². The van der Waals surface area contributed by atoms with Crippen LogP contribution in [0.5, 0.6) is 5.88 Å². The molecular weight excluding hydrogens is 259 g/mol. The maximum atomic E-state index is 13.0. The highest BCUT2D eigenvalue weighted by Gasteiger charge is 2.20. The van der Waals surface area contributed by atoms with E-state index in [0.29, 0.717) is 11.1 Å². The van der Waals surface area contributed by atoms with E-state index in [4.69, 9.17) is 10.5 Å². The number of nitrogens with zero attached hydrogens (tertiary/aromatic N) is 3. The molecule has 98 valence electrons. The maximum Gasteiger partial charge on any atom is 0.234 e. The molecule has 1 heterocycles. The van der Waals surface area contributed by atoms with E-state index in [1.807, 2.05) is 12.1 Å². The lowest BCUT2D eigenvalue weighted by Crippen LogP contribution is -2.04. The third kappa shape index (κ3) is 2.11. The Hall–Kier alpha value is -3.12. The van der Waals surface area contributed by atoms with Crippen molar-refractivity contribution in [2.45, 2.75) is 0 Å². The zero-order valence-electron chi connectivity index (χ0n) is 10.5. The van der Waals surface area contributed by atoms with Crippen molar-refractivity contribution in [3.63, 3.8) is 0 Å². The van der Waals surface area contributed by atoms with Crippen LogP contribution in [0.25, 0.3) is 11.1 Å². The quantitative estimate of drug-likeness (QED) is 0.900. The summed E-state index contributed by atoms with van der Waals surface area (Å²) < 4.78 is 18.0. The van der Waals surface area contributed by atoms with Gasteiger partial charge in [0.1, 0.15) is 34.9 Å². The lowest BCUT2D eigenvalue weighted by molar-refractivity contribution is 0.397. The molecule has 0 amide bonds. The van der Waals surface area contributed by atoms with Gasteiger partial charge in [-0.2, -0.15) is 15.5 Å². The molecule has 0 atom stereocenters. The van der Waals surface area contributed by atoms with Crippen LogP contribution in [0, 0.1) is 28.5 Å². The summed E-state index contributed by atoms with van der Waals surface area (Å²) in [6.07, 6.45) is 0. The third-order valence-electron chi connectivity index (χ3n) is 2.74. The number of ether oxygens (including phenoxy) is 1. The first-order chi connectivity index (χ1) is 9.62. The number of nitrogens with two attached hydrogens (primary N) is 1. The minimum atomic E-state index is -0.417. The first-order valence-corrected chi connectivity index (χ1v) is 5.56. The lowest BCUT2D eigenvalue weighted by atomic mass is 9.96. The summed E-state index contributed by atoms with van der Waals surface area (Å²) in [7, 11) is 1.35. The molecule has 0 aliphatic heterocycles. The smallest absolute Gasteiger partial charge is 0.234 e. The molecule has 20 heavy (non-hydrogen) atoms. The Bertz CT molecular complexity index is 742. The number of halogens is 1. The fourth-order valence-corrected chi connectivity index (χ4v) is 1.85. The Morgan fingerprint density at radius 3 is 2.25 bits per heavy atom. The van der Waals surface area contributed by atoms with Gasteiger partial charge in [0.05, 0.1) is 7.11 Å². The Morgan fingerprint density at radius 2 is 1.75 bits per heavy atom. The van der Waals surface area contributed by atoms with E-state index < -0.39 is 5.82 Å². The van der Waals surface area contributed by atoms with Gasteiger partial charge < -0.3 is 10.5 Å². The highest BCUT2D eigenvalue weighted by atomic mass is 19.1. The Morgan fingerprint density at radius 1 is 1.15 bits per heavy atom. The third-order valence-corrected chi connectivity index (χ3v) is 2.74. The van der Waals surface area contributed by atoms with Crippen molar-refractivity contribution in [1.29, 1.82) is 10.5 Å². The van der Waals surface area contributed by atoms with Gasteiger partial charge >= 0.3 is 0 Å². The van der Waals surface area contributed by atoms with Gasteiger partial charge in [-0.05, 0) is 17.7 Å².